The number of nitrogens with one attached hydrogen (secondary N) is 1. The van der Waals surface area contributed by atoms with Gasteiger partial charge in [-0.1, -0.05) is 6.07 Å². The Morgan fingerprint density at radius 3 is 2.73 bits per heavy atom. The maximum Gasteiger partial charge on any atom is 0.0372 e. The lowest BCUT2D eigenvalue weighted by atomic mass is 10.2. The van der Waals surface area contributed by atoms with Crippen molar-refractivity contribution >= 4 is 12.4 Å². The molecule has 0 bridgehead atoms. The SMILES string of the molecule is Cc1ccc(CNN)cn1.Cl. The molecule has 0 spiro atoms. The summed E-state index contributed by atoms with van der Waals surface area (Å²) in [6.07, 6.45) is 1.81. The number of pyridine rings is 1. The molecule has 62 valence electrons. The van der Waals surface area contributed by atoms with E-state index in [1.54, 1.807) is 0 Å². The van der Waals surface area contributed by atoms with E-state index in [4.69, 9.17) is 5.84 Å². The van der Waals surface area contributed by atoms with Crippen LogP contribution in [0, 0.1) is 6.92 Å². The van der Waals surface area contributed by atoms with Gasteiger partial charge in [-0.3, -0.25) is 16.3 Å². The Labute approximate surface area is 72.4 Å². The van der Waals surface area contributed by atoms with Crippen molar-refractivity contribution in [3.8, 4) is 0 Å². The molecule has 1 aromatic heterocycles. The Kier molecular flexibility index (Phi) is 4.77. The zero-order valence-corrected chi connectivity index (χ0v) is 7.19. The molecule has 0 radical (unpaired) electrons. The number of hydrogen-bond donors (Lipinski definition) is 2. The van der Waals surface area contributed by atoms with E-state index < -0.39 is 0 Å². The average Bonchev–Trinajstić information content (AvgIpc) is 1.95. The Hall–Kier alpha value is -0.640. The summed E-state index contributed by atoms with van der Waals surface area (Å²) in [5, 5.41) is 0. The highest BCUT2D eigenvalue weighted by Gasteiger charge is 1.88. The fraction of sp³-hybridized carbons (Fsp3) is 0.286. The maximum absolute atomic E-state index is 5.12. The van der Waals surface area contributed by atoms with Crippen molar-refractivity contribution in [1.29, 1.82) is 0 Å². The topological polar surface area (TPSA) is 50.9 Å². The number of hydrogen-bond acceptors (Lipinski definition) is 3. The van der Waals surface area contributed by atoms with E-state index in [-0.39, 0.29) is 12.4 Å². The number of nitrogens with two attached hydrogens (primary N) is 1. The second kappa shape index (κ2) is 5.07. The van der Waals surface area contributed by atoms with Gasteiger partial charge in [0.1, 0.15) is 0 Å². The number of aryl methyl sites for hydroxylation is 1. The Morgan fingerprint density at radius 1 is 1.55 bits per heavy atom. The van der Waals surface area contributed by atoms with Gasteiger partial charge in [-0.15, -0.1) is 12.4 Å². The quantitative estimate of drug-likeness (QED) is 0.513. The molecule has 0 amide bonds. The summed E-state index contributed by atoms with van der Waals surface area (Å²) in [6.45, 7) is 2.63. The van der Waals surface area contributed by atoms with Crippen molar-refractivity contribution in [1.82, 2.24) is 10.4 Å². The normalized spacial score (nSPS) is 8.91. The van der Waals surface area contributed by atoms with E-state index in [1.165, 1.54) is 0 Å². The third-order valence-electron chi connectivity index (χ3n) is 1.28. The minimum Gasteiger partial charge on any atom is -0.271 e. The molecule has 0 aliphatic rings. The summed E-state index contributed by atoms with van der Waals surface area (Å²) in [5.41, 5.74) is 4.70. The first kappa shape index (κ1) is 10.4. The van der Waals surface area contributed by atoms with Gasteiger partial charge in [0.05, 0.1) is 0 Å². The summed E-state index contributed by atoms with van der Waals surface area (Å²) >= 11 is 0. The summed E-state index contributed by atoms with van der Waals surface area (Å²) in [7, 11) is 0. The molecule has 0 saturated heterocycles. The average molecular weight is 174 g/mol. The van der Waals surface area contributed by atoms with E-state index >= 15 is 0 Å². The van der Waals surface area contributed by atoms with Gasteiger partial charge in [-0.2, -0.15) is 0 Å². The van der Waals surface area contributed by atoms with Crippen molar-refractivity contribution < 1.29 is 0 Å². The predicted octanol–water partition coefficient (Wildman–Crippen LogP) is 0.775. The van der Waals surface area contributed by atoms with Gasteiger partial charge < -0.3 is 0 Å². The smallest absolute Gasteiger partial charge is 0.0372 e. The van der Waals surface area contributed by atoms with Gasteiger partial charge in [0.25, 0.3) is 0 Å². The van der Waals surface area contributed by atoms with Crippen LogP contribution in [0.1, 0.15) is 11.3 Å². The van der Waals surface area contributed by atoms with Crippen LogP contribution in [0.5, 0.6) is 0 Å². The number of hydrazine groups is 1. The molecule has 3 nitrogen and oxygen atoms in total. The molecule has 1 aromatic rings. The molecule has 3 N–H and O–H groups in total. The standard InChI is InChI=1S/C7H11N3.ClH/c1-6-2-3-7(4-9-6)5-10-8;/h2-4,10H,5,8H2,1H3;1H. The van der Waals surface area contributed by atoms with Crippen LogP contribution in [0.2, 0.25) is 0 Å². The number of aromatic nitrogens is 1. The van der Waals surface area contributed by atoms with Gasteiger partial charge in [0.15, 0.2) is 0 Å². The van der Waals surface area contributed by atoms with Gasteiger partial charge in [-0.05, 0) is 18.6 Å². The zero-order chi connectivity index (χ0) is 7.40. The number of halogens is 1. The molecule has 0 aliphatic heterocycles. The van der Waals surface area contributed by atoms with Crippen LogP contribution in [0.3, 0.4) is 0 Å². The highest BCUT2D eigenvalue weighted by Crippen LogP contribution is 1.97. The second-order valence-corrected chi connectivity index (χ2v) is 2.19. The molecule has 11 heavy (non-hydrogen) atoms. The maximum atomic E-state index is 5.12. The third-order valence-corrected chi connectivity index (χ3v) is 1.28. The van der Waals surface area contributed by atoms with Crippen LogP contribution in [-0.4, -0.2) is 4.98 Å². The van der Waals surface area contributed by atoms with Gasteiger partial charge in [0, 0.05) is 18.4 Å². The van der Waals surface area contributed by atoms with Gasteiger partial charge in [0.2, 0.25) is 0 Å². The highest BCUT2D eigenvalue weighted by atomic mass is 35.5. The first-order valence-electron chi connectivity index (χ1n) is 3.18. The predicted molar refractivity (Wildman–Crippen MR) is 47.2 cm³/mol. The molecule has 1 rings (SSSR count). The number of rotatable bonds is 2. The van der Waals surface area contributed by atoms with Crippen molar-refractivity contribution in [3.05, 3.63) is 29.6 Å². The van der Waals surface area contributed by atoms with E-state index in [2.05, 4.69) is 10.4 Å². The van der Waals surface area contributed by atoms with Gasteiger partial charge >= 0.3 is 0 Å². The number of nitrogens with zero attached hydrogens (tertiary/aromatic N) is 1. The lowest BCUT2D eigenvalue weighted by Crippen LogP contribution is -2.20. The fourth-order valence-electron chi connectivity index (χ4n) is 0.721. The van der Waals surface area contributed by atoms with Crippen LogP contribution >= 0.6 is 12.4 Å². The van der Waals surface area contributed by atoms with E-state index in [0.29, 0.717) is 6.54 Å². The lowest BCUT2D eigenvalue weighted by Gasteiger charge is -1.97. The molecule has 1 heterocycles. The Balaban J connectivity index is 0.000001000. The molecule has 0 unspecified atom stereocenters. The third kappa shape index (κ3) is 3.32. The van der Waals surface area contributed by atoms with Crippen LogP contribution in [0.4, 0.5) is 0 Å². The highest BCUT2D eigenvalue weighted by molar-refractivity contribution is 5.85. The van der Waals surface area contributed by atoms with Crippen molar-refractivity contribution in [3.63, 3.8) is 0 Å². The minimum atomic E-state index is 0. The molecule has 0 atom stereocenters. The van der Waals surface area contributed by atoms with Crippen LogP contribution in [0.15, 0.2) is 18.3 Å². The summed E-state index contributed by atoms with van der Waals surface area (Å²) in [5.74, 6) is 5.12. The monoisotopic (exact) mass is 173 g/mol. The van der Waals surface area contributed by atoms with E-state index in [1.807, 2.05) is 25.3 Å². The molecule has 0 aromatic carbocycles. The van der Waals surface area contributed by atoms with Crippen molar-refractivity contribution in [2.24, 2.45) is 5.84 Å². The second-order valence-electron chi connectivity index (χ2n) is 2.19. The van der Waals surface area contributed by atoms with Crippen molar-refractivity contribution in [2.75, 3.05) is 0 Å². The van der Waals surface area contributed by atoms with Crippen molar-refractivity contribution in [2.45, 2.75) is 13.5 Å². The zero-order valence-electron chi connectivity index (χ0n) is 6.37. The van der Waals surface area contributed by atoms with Crippen LogP contribution in [-0.2, 0) is 6.54 Å². The molecule has 0 saturated carbocycles. The molecular formula is C7H12ClN3. The largest absolute Gasteiger partial charge is 0.271 e. The fourth-order valence-corrected chi connectivity index (χ4v) is 0.721. The summed E-state index contributed by atoms with van der Waals surface area (Å²) in [6, 6.07) is 3.97. The van der Waals surface area contributed by atoms with E-state index in [0.717, 1.165) is 11.3 Å². The summed E-state index contributed by atoms with van der Waals surface area (Å²) < 4.78 is 0. The Morgan fingerprint density at radius 2 is 2.27 bits per heavy atom. The van der Waals surface area contributed by atoms with Crippen LogP contribution in [0.25, 0.3) is 0 Å². The lowest BCUT2D eigenvalue weighted by molar-refractivity contribution is 0.738. The first-order chi connectivity index (χ1) is 4.83. The van der Waals surface area contributed by atoms with Crippen LogP contribution < -0.4 is 11.3 Å². The minimum absolute atomic E-state index is 0. The Bertz CT molecular complexity index is 197. The summed E-state index contributed by atoms with van der Waals surface area (Å²) in [4.78, 5) is 4.10. The molecular weight excluding hydrogens is 162 g/mol. The first-order valence-corrected chi connectivity index (χ1v) is 3.18. The van der Waals surface area contributed by atoms with E-state index in [9.17, 15) is 0 Å². The molecule has 0 fully saturated rings. The molecule has 0 aliphatic carbocycles. The van der Waals surface area contributed by atoms with Gasteiger partial charge in [-0.25, -0.2) is 0 Å². The molecule has 4 heteroatoms.